The Morgan fingerprint density at radius 2 is 2.03 bits per heavy atom. The summed E-state index contributed by atoms with van der Waals surface area (Å²) >= 11 is 0. The number of aromatic nitrogens is 2. The number of amides is 1. The number of pyridine rings is 1. The van der Waals surface area contributed by atoms with Crippen LogP contribution in [0.15, 0.2) is 60.9 Å². The summed E-state index contributed by atoms with van der Waals surface area (Å²) in [5, 5.41) is 7.19. The van der Waals surface area contributed by atoms with E-state index in [4.69, 9.17) is 0 Å². The molecule has 4 aromatic rings. The van der Waals surface area contributed by atoms with E-state index in [2.05, 4.69) is 40.5 Å². The van der Waals surface area contributed by atoms with Gasteiger partial charge < -0.3 is 15.6 Å². The number of nitrogens with one attached hydrogen (secondary N) is 3. The Kier molecular flexibility index (Phi) is 4.50. The molecule has 0 spiro atoms. The van der Waals surface area contributed by atoms with Crippen LogP contribution in [-0.4, -0.2) is 22.4 Å². The summed E-state index contributed by atoms with van der Waals surface area (Å²) in [6.07, 6.45) is 4.10. The van der Waals surface area contributed by atoms with E-state index in [0.29, 0.717) is 16.7 Å². The van der Waals surface area contributed by atoms with Gasteiger partial charge in [-0.15, -0.1) is 0 Å². The molecule has 31 heavy (non-hydrogen) atoms. The lowest BCUT2D eigenvalue weighted by molar-refractivity contribution is 0.102. The summed E-state index contributed by atoms with van der Waals surface area (Å²) in [5.41, 5.74) is 5.66. The zero-order valence-corrected chi connectivity index (χ0v) is 17.4. The second-order valence-corrected chi connectivity index (χ2v) is 8.83. The molecule has 2 aromatic heterocycles. The van der Waals surface area contributed by atoms with Crippen molar-refractivity contribution in [1.82, 2.24) is 9.97 Å². The molecule has 3 N–H and O–H groups in total. The molecule has 5 rings (SSSR count). The molecule has 0 unspecified atom stereocenters. The molecule has 1 amide bonds. The minimum absolute atomic E-state index is 0.216. The highest BCUT2D eigenvalue weighted by atomic mass is 19.1. The van der Waals surface area contributed by atoms with E-state index < -0.39 is 5.95 Å². The van der Waals surface area contributed by atoms with Crippen molar-refractivity contribution in [3.05, 3.63) is 78.0 Å². The molecule has 3 heterocycles. The number of fused-ring (bicyclic) bond motifs is 2. The van der Waals surface area contributed by atoms with Gasteiger partial charge in [0.25, 0.3) is 5.91 Å². The SMILES string of the molecule is CC1(C)CNc2cc(NC(=O)c3c[nH]c4ccc(-c5cccnc5F)cc34)ccc2C1. The van der Waals surface area contributed by atoms with Gasteiger partial charge in [0.2, 0.25) is 5.95 Å². The Hall–Kier alpha value is -3.67. The van der Waals surface area contributed by atoms with Crippen LogP contribution in [0.5, 0.6) is 0 Å². The van der Waals surface area contributed by atoms with Crippen molar-refractivity contribution < 1.29 is 9.18 Å². The summed E-state index contributed by atoms with van der Waals surface area (Å²) in [7, 11) is 0. The normalized spacial score (nSPS) is 14.7. The van der Waals surface area contributed by atoms with Crippen LogP contribution in [0.2, 0.25) is 0 Å². The monoisotopic (exact) mass is 414 g/mol. The quantitative estimate of drug-likeness (QED) is 0.381. The second-order valence-electron chi connectivity index (χ2n) is 8.83. The van der Waals surface area contributed by atoms with Gasteiger partial charge in [-0.2, -0.15) is 4.39 Å². The highest BCUT2D eigenvalue weighted by Crippen LogP contribution is 2.34. The Morgan fingerprint density at radius 1 is 1.16 bits per heavy atom. The molecule has 1 aliphatic heterocycles. The first-order valence-corrected chi connectivity index (χ1v) is 10.3. The lowest BCUT2D eigenvalue weighted by atomic mass is 9.82. The van der Waals surface area contributed by atoms with Gasteiger partial charge in [0, 0.05) is 46.8 Å². The van der Waals surface area contributed by atoms with Gasteiger partial charge in [0.15, 0.2) is 0 Å². The third-order valence-electron chi connectivity index (χ3n) is 5.79. The third kappa shape index (κ3) is 3.65. The molecule has 0 radical (unpaired) electrons. The largest absolute Gasteiger partial charge is 0.384 e. The zero-order chi connectivity index (χ0) is 21.6. The number of hydrogen-bond acceptors (Lipinski definition) is 3. The van der Waals surface area contributed by atoms with Crippen LogP contribution < -0.4 is 10.6 Å². The molecule has 0 atom stereocenters. The highest BCUT2D eigenvalue weighted by Gasteiger charge is 2.25. The van der Waals surface area contributed by atoms with E-state index in [1.165, 1.54) is 11.8 Å². The maximum Gasteiger partial charge on any atom is 0.257 e. The van der Waals surface area contributed by atoms with Crippen molar-refractivity contribution in [2.45, 2.75) is 20.3 Å². The average molecular weight is 414 g/mol. The molecule has 0 fully saturated rings. The lowest BCUT2D eigenvalue weighted by Gasteiger charge is -2.32. The van der Waals surface area contributed by atoms with Crippen molar-refractivity contribution >= 4 is 28.2 Å². The molecule has 156 valence electrons. The fourth-order valence-electron chi connectivity index (χ4n) is 4.16. The van der Waals surface area contributed by atoms with Crippen LogP contribution in [0, 0.1) is 11.4 Å². The fourth-order valence-corrected chi connectivity index (χ4v) is 4.16. The maximum absolute atomic E-state index is 14.1. The number of rotatable bonds is 3. The molecule has 0 bridgehead atoms. The zero-order valence-electron chi connectivity index (χ0n) is 17.4. The van der Waals surface area contributed by atoms with Crippen LogP contribution in [0.1, 0.15) is 29.8 Å². The van der Waals surface area contributed by atoms with Gasteiger partial charge in [-0.05, 0) is 59.4 Å². The van der Waals surface area contributed by atoms with Crippen molar-refractivity contribution in [1.29, 1.82) is 0 Å². The van der Waals surface area contributed by atoms with Gasteiger partial charge in [0.05, 0.1) is 5.56 Å². The summed E-state index contributed by atoms with van der Waals surface area (Å²) in [6.45, 7) is 5.37. The molecule has 5 nitrogen and oxygen atoms in total. The molecule has 0 saturated carbocycles. The van der Waals surface area contributed by atoms with E-state index in [1.807, 2.05) is 30.3 Å². The van der Waals surface area contributed by atoms with Gasteiger partial charge in [-0.1, -0.05) is 26.0 Å². The number of halogens is 1. The highest BCUT2D eigenvalue weighted by molar-refractivity contribution is 6.13. The van der Waals surface area contributed by atoms with Gasteiger partial charge in [0.1, 0.15) is 0 Å². The van der Waals surface area contributed by atoms with Crippen molar-refractivity contribution in [3.63, 3.8) is 0 Å². The number of carbonyl (C=O) groups is 1. The molecular weight excluding hydrogens is 391 g/mol. The smallest absolute Gasteiger partial charge is 0.257 e. The summed E-state index contributed by atoms with van der Waals surface area (Å²) in [6, 6.07) is 14.8. The lowest BCUT2D eigenvalue weighted by Crippen LogP contribution is -2.30. The summed E-state index contributed by atoms with van der Waals surface area (Å²) in [5.74, 6) is -0.751. The molecule has 0 aliphatic carbocycles. The molecule has 0 saturated heterocycles. The second kappa shape index (κ2) is 7.23. The average Bonchev–Trinajstić information content (AvgIpc) is 3.17. The fraction of sp³-hybridized carbons (Fsp3) is 0.200. The number of aromatic amines is 1. The Morgan fingerprint density at radius 3 is 2.87 bits per heavy atom. The van der Waals surface area contributed by atoms with Crippen LogP contribution >= 0.6 is 0 Å². The van der Waals surface area contributed by atoms with Crippen LogP contribution in [0.3, 0.4) is 0 Å². The van der Waals surface area contributed by atoms with Crippen molar-refractivity contribution in [3.8, 4) is 11.1 Å². The molecule has 6 heteroatoms. The molecule has 1 aliphatic rings. The Labute approximate surface area is 179 Å². The first-order valence-electron chi connectivity index (χ1n) is 10.3. The number of nitrogens with zero attached hydrogens (tertiary/aromatic N) is 1. The number of benzene rings is 2. The van der Waals surface area contributed by atoms with Gasteiger partial charge in [-0.3, -0.25) is 4.79 Å². The minimum Gasteiger partial charge on any atom is -0.384 e. The van der Waals surface area contributed by atoms with Gasteiger partial charge in [-0.25, -0.2) is 4.98 Å². The topological polar surface area (TPSA) is 69.8 Å². The van der Waals surface area contributed by atoms with Crippen LogP contribution in [0.4, 0.5) is 15.8 Å². The first-order chi connectivity index (χ1) is 14.9. The molecular formula is C25H23FN4O. The standard InChI is InChI=1S/C25H23FN4O/c1-25(2)12-16-5-7-17(11-22(16)29-14-25)30-24(31)20-13-28-21-8-6-15(10-19(20)21)18-4-3-9-27-23(18)26/h3-11,13,28-29H,12,14H2,1-2H3,(H,30,31). The Balaban J connectivity index is 1.44. The maximum atomic E-state index is 14.1. The number of carbonyl (C=O) groups excluding carboxylic acids is 1. The van der Waals surface area contributed by atoms with E-state index in [-0.39, 0.29) is 11.3 Å². The predicted molar refractivity (Wildman–Crippen MR) is 122 cm³/mol. The predicted octanol–water partition coefficient (Wildman–Crippen LogP) is 5.62. The molecule has 2 aromatic carbocycles. The summed E-state index contributed by atoms with van der Waals surface area (Å²) < 4.78 is 14.1. The number of H-pyrrole nitrogens is 1. The Bertz CT molecular complexity index is 1310. The van der Waals surface area contributed by atoms with Gasteiger partial charge >= 0.3 is 0 Å². The van der Waals surface area contributed by atoms with E-state index in [1.54, 1.807) is 18.3 Å². The number of hydrogen-bond donors (Lipinski definition) is 3. The van der Waals surface area contributed by atoms with E-state index in [9.17, 15) is 9.18 Å². The van der Waals surface area contributed by atoms with Crippen LogP contribution in [0.25, 0.3) is 22.0 Å². The van der Waals surface area contributed by atoms with E-state index >= 15 is 0 Å². The van der Waals surface area contributed by atoms with Crippen molar-refractivity contribution in [2.24, 2.45) is 5.41 Å². The van der Waals surface area contributed by atoms with Crippen molar-refractivity contribution in [2.75, 3.05) is 17.2 Å². The summed E-state index contributed by atoms with van der Waals surface area (Å²) in [4.78, 5) is 19.9. The van der Waals surface area contributed by atoms with Crippen LogP contribution in [-0.2, 0) is 6.42 Å². The third-order valence-corrected chi connectivity index (χ3v) is 5.79. The number of anilines is 2. The minimum atomic E-state index is -0.534. The van der Waals surface area contributed by atoms with E-state index in [0.717, 1.165) is 35.2 Å². The first kappa shape index (κ1) is 19.3.